The molecule has 20 heavy (non-hydrogen) atoms. The number of rotatable bonds is 7. The predicted octanol–water partition coefficient (Wildman–Crippen LogP) is 1.01. The van der Waals surface area contributed by atoms with Crippen molar-refractivity contribution in [2.75, 3.05) is 19.8 Å². The lowest BCUT2D eigenvalue weighted by molar-refractivity contribution is -0.175. The molecule has 3 atom stereocenters. The third kappa shape index (κ3) is 4.72. The summed E-state index contributed by atoms with van der Waals surface area (Å²) < 4.78 is 33.3. The summed E-state index contributed by atoms with van der Waals surface area (Å²) in [6.45, 7) is 5.06. The first-order chi connectivity index (χ1) is 9.49. The van der Waals surface area contributed by atoms with Crippen molar-refractivity contribution in [2.24, 2.45) is 0 Å². The summed E-state index contributed by atoms with van der Waals surface area (Å²) in [6.07, 6.45) is -3.32. The topological polar surface area (TPSA) is 71.1 Å². The highest BCUT2D eigenvalue weighted by atomic mass is 19.1. The molecule has 6 nitrogen and oxygen atoms in total. The van der Waals surface area contributed by atoms with Crippen LogP contribution in [0.4, 0.5) is 4.39 Å². The van der Waals surface area contributed by atoms with Crippen molar-refractivity contribution in [3.05, 3.63) is 0 Å². The number of halogens is 1. The summed E-state index contributed by atoms with van der Waals surface area (Å²) in [6, 6.07) is 0. The second-order valence-corrected chi connectivity index (χ2v) is 4.43. The number of hydrogen-bond donors (Lipinski definition) is 0. The van der Waals surface area contributed by atoms with E-state index in [0.717, 1.165) is 0 Å². The largest absolute Gasteiger partial charge is 0.464 e. The van der Waals surface area contributed by atoms with E-state index in [1.165, 1.54) is 0 Å². The Hall–Kier alpha value is -1.21. The van der Waals surface area contributed by atoms with E-state index in [9.17, 15) is 14.0 Å². The van der Waals surface area contributed by atoms with Gasteiger partial charge in [0, 0.05) is 6.42 Å². The van der Waals surface area contributed by atoms with Gasteiger partial charge in [-0.2, -0.15) is 0 Å². The first-order valence-corrected chi connectivity index (χ1v) is 6.73. The maximum atomic E-state index is 13.3. The van der Waals surface area contributed by atoms with Gasteiger partial charge in [-0.25, -0.2) is 14.0 Å². The van der Waals surface area contributed by atoms with Crippen molar-refractivity contribution in [3.8, 4) is 0 Å². The van der Waals surface area contributed by atoms with Crippen LogP contribution >= 0.6 is 0 Å². The van der Waals surface area contributed by atoms with Crippen molar-refractivity contribution in [1.29, 1.82) is 0 Å². The number of ether oxygens (including phenoxy) is 4. The van der Waals surface area contributed by atoms with E-state index in [4.69, 9.17) is 18.9 Å². The van der Waals surface area contributed by atoms with Gasteiger partial charge in [-0.05, 0) is 20.8 Å². The van der Waals surface area contributed by atoms with Gasteiger partial charge in [-0.15, -0.1) is 0 Å². The molecule has 7 heteroatoms. The molecule has 0 saturated carbocycles. The van der Waals surface area contributed by atoms with Crippen LogP contribution in [0.3, 0.4) is 0 Å². The Bertz CT molecular complexity index is 307. The maximum Gasteiger partial charge on any atom is 0.347 e. The molecule has 0 aliphatic carbocycles. The van der Waals surface area contributed by atoms with Crippen LogP contribution in [-0.2, 0) is 28.5 Å². The Morgan fingerprint density at radius 1 is 1.25 bits per heavy atom. The zero-order valence-electron chi connectivity index (χ0n) is 12.0. The van der Waals surface area contributed by atoms with E-state index in [1.807, 2.05) is 0 Å². The van der Waals surface area contributed by atoms with Crippen LogP contribution < -0.4 is 0 Å². The normalized spacial score (nSPS) is 25.8. The van der Waals surface area contributed by atoms with Crippen LogP contribution in [0.1, 0.15) is 27.2 Å². The summed E-state index contributed by atoms with van der Waals surface area (Å²) in [5.74, 6) is -1.62. The minimum Gasteiger partial charge on any atom is -0.464 e. The molecule has 0 aromatic carbocycles. The van der Waals surface area contributed by atoms with E-state index in [0.29, 0.717) is 0 Å². The fourth-order valence-corrected chi connectivity index (χ4v) is 1.87. The molecular weight excluding hydrogens is 271 g/mol. The second-order valence-electron chi connectivity index (χ2n) is 4.43. The Labute approximate surface area is 117 Å². The summed E-state index contributed by atoms with van der Waals surface area (Å²) in [4.78, 5) is 23.3. The Morgan fingerprint density at radius 2 is 1.80 bits per heavy atom. The highest BCUT2D eigenvalue weighted by Gasteiger charge is 2.36. The summed E-state index contributed by atoms with van der Waals surface area (Å²) in [5.41, 5.74) is 0. The Morgan fingerprint density at radius 3 is 2.20 bits per heavy atom. The molecule has 0 aromatic heterocycles. The van der Waals surface area contributed by atoms with Gasteiger partial charge in [0.2, 0.25) is 0 Å². The van der Waals surface area contributed by atoms with Gasteiger partial charge in [-0.3, -0.25) is 0 Å². The molecule has 1 saturated heterocycles. The van der Waals surface area contributed by atoms with Gasteiger partial charge < -0.3 is 18.9 Å². The fourth-order valence-electron chi connectivity index (χ4n) is 1.87. The van der Waals surface area contributed by atoms with Gasteiger partial charge in [0.15, 0.2) is 0 Å². The van der Waals surface area contributed by atoms with E-state index >= 15 is 0 Å². The van der Waals surface area contributed by atoms with E-state index in [-0.39, 0.29) is 26.2 Å². The number of hydrogen-bond acceptors (Lipinski definition) is 6. The second kappa shape index (κ2) is 8.16. The number of esters is 2. The third-order valence-electron chi connectivity index (χ3n) is 2.85. The van der Waals surface area contributed by atoms with Crippen LogP contribution in [0, 0.1) is 0 Å². The zero-order valence-corrected chi connectivity index (χ0v) is 12.0. The summed E-state index contributed by atoms with van der Waals surface area (Å²) in [5, 5.41) is 0. The Balaban J connectivity index is 2.52. The summed E-state index contributed by atoms with van der Waals surface area (Å²) in [7, 11) is 0. The lowest BCUT2D eigenvalue weighted by Crippen LogP contribution is -2.38. The number of carbonyl (C=O) groups excluding carboxylic acids is 2. The molecule has 0 radical (unpaired) electrons. The molecule has 0 amide bonds. The minimum atomic E-state index is -1.45. The van der Waals surface area contributed by atoms with Crippen LogP contribution in [0.25, 0.3) is 0 Å². The SMILES string of the molecule is CCOC(=O)C(OC[C@@H]1C[C@H](F)[C@H](C)O1)C(=O)OCC. The number of carbonyl (C=O) groups is 2. The molecule has 1 heterocycles. The van der Waals surface area contributed by atoms with Crippen molar-refractivity contribution in [3.63, 3.8) is 0 Å². The third-order valence-corrected chi connectivity index (χ3v) is 2.85. The van der Waals surface area contributed by atoms with Crippen LogP contribution in [0.5, 0.6) is 0 Å². The minimum absolute atomic E-state index is 0.0624. The Kier molecular flexibility index (Phi) is 6.87. The quantitative estimate of drug-likeness (QED) is 0.515. The van der Waals surface area contributed by atoms with Gasteiger partial charge in [0.1, 0.15) is 6.17 Å². The van der Waals surface area contributed by atoms with Gasteiger partial charge in [-0.1, -0.05) is 0 Å². The van der Waals surface area contributed by atoms with Gasteiger partial charge >= 0.3 is 11.9 Å². The van der Waals surface area contributed by atoms with Crippen LogP contribution in [0.2, 0.25) is 0 Å². The first-order valence-electron chi connectivity index (χ1n) is 6.73. The van der Waals surface area contributed by atoms with Crippen molar-refractivity contribution in [2.45, 2.75) is 51.7 Å². The highest BCUT2D eigenvalue weighted by Crippen LogP contribution is 2.23. The molecule has 0 aromatic rings. The standard InChI is InChI=1S/C13H21FO6/c1-4-17-12(15)11(13(16)18-5-2)19-7-9-6-10(14)8(3)20-9/h8-11H,4-7H2,1-3H3/t8-,9-,10-/m0/s1. The fraction of sp³-hybridized carbons (Fsp3) is 0.846. The van der Waals surface area contributed by atoms with Gasteiger partial charge in [0.05, 0.1) is 32.0 Å². The average Bonchev–Trinajstić information content (AvgIpc) is 2.69. The lowest BCUT2D eigenvalue weighted by Gasteiger charge is -2.17. The highest BCUT2D eigenvalue weighted by molar-refractivity contribution is 5.98. The molecule has 1 aliphatic rings. The summed E-state index contributed by atoms with van der Waals surface area (Å²) >= 11 is 0. The van der Waals surface area contributed by atoms with E-state index < -0.39 is 36.4 Å². The molecule has 0 unspecified atom stereocenters. The number of alkyl halides is 1. The molecule has 1 rings (SSSR count). The van der Waals surface area contributed by atoms with Crippen molar-refractivity contribution in [1.82, 2.24) is 0 Å². The molecule has 1 fully saturated rings. The first kappa shape index (κ1) is 16.8. The molecule has 0 bridgehead atoms. The monoisotopic (exact) mass is 292 g/mol. The van der Waals surface area contributed by atoms with E-state index in [1.54, 1.807) is 20.8 Å². The zero-order chi connectivity index (χ0) is 15.1. The van der Waals surface area contributed by atoms with E-state index in [2.05, 4.69) is 0 Å². The molecule has 116 valence electrons. The average molecular weight is 292 g/mol. The van der Waals surface area contributed by atoms with Gasteiger partial charge in [0.25, 0.3) is 6.10 Å². The van der Waals surface area contributed by atoms with Crippen LogP contribution in [0.15, 0.2) is 0 Å². The van der Waals surface area contributed by atoms with Crippen LogP contribution in [-0.4, -0.2) is 56.2 Å². The lowest BCUT2D eigenvalue weighted by atomic mass is 10.2. The molecule has 1 aliphatic heterocycles. The predicted molar refractivity (Wildman–Crippen MR) is 66.9 cm³/mol. The van der Waals surface area contributed by atoms with Crippen molar-refractivity contribution < 1.29 is 32.9 Å². The van der Waals surface area contributed by atoms with Crippen molar-refractivity contribution >= 4 is 11.9 Å². The maximum absolute atomic E-state index is 13.3. The molecule has 0 N–H and O–H groups in total. The molecule has 0 spiro atoms. The smallest absolute Gasteiger partial charge is 0.347 e. The molecular formula is C13H21FO6.